The lowest BCUT2D eigenvalue weighted by atomic mass is 9.93. The van der Waals surface area contributed by atoms with E-state index in [4.69, 9.17) is 5.11 Å². The standard InChI is InChI=1S/C18H36O2.C10H20O2/c1-15(2)11-7-5-6-8-13-17(18(19)20)14-10-9-12-16(3)4;1-3-5-6-9(4-2)7-8-10(11)12/h15-17H,5-14H2,1-4H3,(H,19,20);9H,3-8H2,1-2H3,(H,11,12). The minimum Gasteiger partial charge on any atom is -0.481 e. The van der Waals surface area contributed by atoms with E-state index in [1.807, 2.05) is 0 Å². The average Bonchev–Trinajstić information content (AvgIpc) is 2.71. The fourth-order valence-electron chi connectivity index (χ4n) is 4.00. The molecule has 4 heteroatoms. The molecule has 0 aromatic carbocycles. The van der Waals surface area contributed by atoms with Crippen LogP contribution in [0.2, 0.25) is 0 Å². The predicted octanol–water partition coefficient (Wildman–Crippen LogP) is 8.97. The second-order valence-electron chi connectivity index (χ2n) is 10.4. The van der Waals surface area contributed by atoms with Crippen LogP contribution in [0, 0.1) is 23.7 Å². The summed E-state index contributed by atoms with van der Waals surface area (Å²) >= 11 is 0. The summed E-state index contributed by atoms with van der Waals surface area (Å²) in [6.07, 6.45) is 17.3. The fraction of sp³-hybridized carbons (Fsp3) is 0.929. The van der Waals surface area contributed by atoms with Crippen LogP contribution < -0.4 is 0 Å². The van der Waals surface area contributed by atoms with Gasteiger partial charge in [-0.3, -0.25) is 9.59 Å². The predicted molar refractivity (Wildman–Crippen MR) is 137 cm³/mol. The van der Waals surface area contributed by atoms with Crippen molar-refractivity contribution in [2.75, 3.05) is 0 Å². The first-order chi connectivity index (χ1) is 15.1. The molecule has 0 radical (unpaired) electrons. The van der Waals surface area contributed by atoms with Crippen molar-refractivity contribution in [1.29, 1.82) is 0 Å². The molecule has 0 aliphatic rings. The Bertz CT molecular complexity index is 431. The van der Waals surface area contributed by atoms with Gasteiger partial charge in [-0.15, -0.1) is 0 Å². The van der Waals surface area contributed by atoms with Gasteiger partial charge in [-0.1, -0.05) is 119 Å². The van der Waals surface area contributed by atoms with Crippen LogP contribution in [0.15, 0.2) is 0 Å². The summed E-state index contributed by atoms with van der Waals surface area (Å²) in [4.78, 5) is 21.5. The highest BCUT2D eigenvalue weighted by Gasteiger charge is 2.16. The van der Waals surface area contributed by atoms with Crippen molar-refractivity contribution in [3.63, 3.8) is 0 Å². The van der Waals surface area contributed by atoms with Gasteiger partial charge in [0.25, 0.3) is 0 Å². The number of rotatable bonds is 20. The largest absolute Gasteiger partial charge is 0.481 e. The maximum absolute atomic E-state index is 11.2. The van der Waals surface area contributed by atoms with Gasteiger partial charge in [-0.05, 0) is 37.0 Å². The maximum Gasteiger partial charge on any atom is 0.306 e. The molecule has 2 atom stereocenters. The first-order valence-corrected chi connectivity index (χ1v) is 13.6. The first-order valence-electron chi connectivity index (χ1n) is 13.6. The van der Waals surface area contributed by atoms with Gasteiger partial charge in [0, 0.05) is 6.42 Å². The van der Waals surface area contributed by atoms with Crippen LogP contribution in [0.5, 0.6) is 0 Å². The molecule has 0 aliphatic carbocycles. The summed E-state index contributed by atoms with van der Waals surface area (Å²) in [5.74, 6) is 0.803. The summed E-state index contributed by atoms with van der Waals surface area (Å²) in [5, 5.41) is 17.7. The van der Waals surface area contributed by atoms with Crippen molar-refractivity contribution in [3.05, 3.63) is 0 Å². The average molecular weight is 457 g/mol. The van der Waals surface area contributed by atoms with Gasteiger partial charge in [-0.2, -0.15) is 0 Å². The Balaban J connectivity index is 0. The van der Waals surface area contributed by atoms with E-state index >= 15 is 0 Å². The number of unbranched alkanes of at least 4 members (excludes halogenated alkanes) is 5. The topological polar surface area (TPSA) is 74.6 Å². The van der Waals surface area contributed by atoms with E-state index in [1.54, 1.807) is 0 Å². The second-order valence-corrected chi connectivity index (χ2v) is 10.4. The Kier molecular flexibility index (Phi) is 23.9. The maximum atomic E-state index is 11.2. The quantitative estimate of drug-likeness (QED) is 0.179. The van der Waals surface area contributed by atoms with Crippen molar-refractivity contribution < 1.29 is 19.8 Å². The number of hydrogen-bond acceptors (Lipinski definition) is 2. The minimum absolute atomic E-state index is 0.104. The van der Waals surface area contributed by atoms with Gasteiger partial charge in [-0.25, -0.2) is 0 Å². The van der Waals surface area contributed by atoms with Crippen LogP contribution in [0.4, 0.5) is 0 Å². The molecule has 0 aromatic heterocycles. The van der Waals surface area contributed by atoms with Crippen molar-refractivity contribution in [1.82, 2.24) is 0 Å². The Morgan fingerprint density at radius 1 is 0.625 bits per heavy atom. The van der Waals surface area contributed by atoms with E-state index in [0.717, 1.165) is 50.4 Å². The number of carboxylic acids is 2. The number of carbonyl (C=O) groups is 2. The molecule has 32 heavy (non-hydrogen) atoms. The Hall–Kier alpha value is -1.06. The molecule has 0 aliphatic heterocycles. The van der Waals surface area contributed by atoms with E-state index in [2.05, 4.69) is 41.5 Å². The molecule has 0 amide bonds. The van der Waals surface area contributed by atoms with E-state index < -0.39 is 11.9 Å². The third kappa shape index (κ3) is 25.2. The normalized spacial score (nSPS) is 13.0. The minimum atomic E-state index is -0.662. The molecule has 0 fully saturated rings. The zero-order valence-corrected chi connectivity index (χ0v) is 22.3. The molecule has 0 aromatic rings. The molecule has 0 bridgehead atoms. The van der Waals surface area contributed by atoms with Crippen molar-refractivity contribution in [3.8, 4) is 0 Å². The van der Waals surface area contributed by atoms with Gasteiger partial charge in [0.1, 0.15) is 0 Å². The highest BCUT2D eigenvalue weighted by molar-refractivity contribution is 5.69. The van der Waals surface area contributed by atoms with Crippen LogP contribution >= 0.6 is 0 Å². The summed E-state index contributed by atoms with van der Waals surface area (Å²) < 4.78 is 0. The molecular formula is C28H56O4. The number of aliphatic carboxylic acids is 2. The van der Waals surface area contributed by atoms with Crippen molar-refractivity contribution >= 4 is 11.9 Å². The molecule has 0 saturated heterocycles. The Morgan fingerprint density at radius 3 is 1.50 bits per heavy atom. The summed E-state index contributed by atoms with van der Waals surface area (Å²) in [6, 6.07) is 0. The first kappa shape index (κ1) is 33.1. The summed E-state index contributed by atoms with van der Waals surface area (Å²) in [6.45, 7) is 13.3. The van der Waals surface area contributed by atoms with Gasteiger partial charge in [0.15, 0.2) is 0 Å². The number of carboxylic acid groups (broad SMARTS) is 2. The van der Waals surface area contributed by atoms with E-state index in [9.17, 15) is 14.7 Å². The van der Waals surface area contributed by atoms with Crippen LogP contribution in [-0.2, 0) is 9.59 Å². The second kappa shape index (κ2) is 23.1. The number of hydrogen-bond donors (Lipinski definition) is 2. The van der Waals surface area contributed by atoms with Crippen LogP contribution in [0.25, 0.3) is 0 Å². The van der Waals surface area contributed by atoms with E-state index in [1.165, 1.54) is 57.8 Å². The third-order valence-corrected chi connectivity index (χ3v) is 6.33. The molecule has 4 nitrogen and oxygen atoms in total. The summed E-state index contributed by atoms with van der Waals surface area (Å²) in [7, 11) is 0. The molecule has 2 N–H and O–H groups in total. The lowest BCUT2D eigenvalue weighted by Gasteiger charge is -2.12. The zero-order valence-electron chi connectivity index (χ0n) is 22.3. The Morgan fingerprint density at radius 2 is 1.09 bits per heavy atom. The summed E-state index contributed by atoms with van der Waals surface area (Å²) in [5.41, 5.74) is 0. The highest BCUT2D eigenvalue weighted by atomic mass is 16.4. The van der Waals surface area contributed by atoms with Crippen LogP contribution in [-0.4, -0.2) is 22.2 Å². The monoisotopic (exact) mass is 456 g/mol. The smallest absolute Gasteiger partial charge is 0.306 e. The zero-order chi connectivity index (χ0) is 24.8. The van der Waals surface area contributed by atoms with Crippen LogP contribution in [0.3, 0.4) is 0 Å². The molecule has 0 heterocycles. The molecule has 192 valence electrons. The van der Waals surface area contributed by atoms with Gasteiger partial charge in [0.05, 0.1) is 5.92 Å². The lowest BCUT2D eigenvalue weighted by Crippen LogP contribution is -2.13. The third-order valence-electron chi connectivity index (χ3n) is 6.33. The van der Waals surface area contributed by atoms with E-state index in [-0.39, 0.29) is 5.92 Å². The van der Waals surface area contributed by atoms with Crippen molar-refractivity contribution in [2.45, 2.75) is 144 Å². The van der Waals surface area contributed by atoms with Crippen LogP contribution in [0.1, 0.15) is 144 Å². The van der Waals surface area contributed by atoms with Gasteiger partial charge in [0.2, 0.25) is 0 Å². The van der Waals surface area contributed by atoms with Gasteiger partial charge < -0.3 is 10.2 Å². The molecule has 0 spiro atoms. The SMILES string of the molecule is CC(C)CCCCCCC(CCCCC(C)C)C(=O)O.CCCCC(CC)CCC(=O)O. The fourth-order valence-corrected chi connectivity index (χ4v) is 4.00. The van der Waals surface area contributed by atoms with Gasteiger partial charge >= 0.3 is 11.9 Å². The Labute approximate surface area is 200 Å². The lowest BCUT2D eigenvalue weighted by molar-refractivity contribution is -0.142. The highest BCUT2D eigenvalue weighted by Crippen LogP contribution is 2.20. The van der Waals surface area contributed by atoms with Crippen molar-refractivity contribution in [2.24, 2.45) is 23.7 Å². The molecule has 2 unspecified atom stereocenters. The van der Waals surface area contributed by atoms with E-state index in [0.29, 0.717) is 12.3 Å². The molecule has 0 rings (SSSR count). The molecular weight excluding hydrogens is 400 g/mol. The molecule has 0 saturated carbocycles.